The fourth-order valence-electron chi connectivity index (χ4n) is 3.75. The molecular formula is C23H19FN6. The molecule has 6 nitrogen and oxygen atoms in total. The first-order valence-electron chi connectivity index (χ1n) is 9.56. The van der Waals surface area contributed by atoms with Crippen LogP contribution in [0.25, 0.3) is 11.1 Å². The molecule has 0 spiro atoms. The van der Waals surface area contributed by atoms with E-state index in [1.54, 1.807) is 18.3 Å². The summed E-state index contributed by atoms with van der Waals surface area (Å²) in [7, 11) is 0. The number of nitrogens with two attached hydrogens (primary N) is 1. The van der Waals surface area contributed by atoms with Crippen LogP contribution >= 0.6 is 0 Å². The third kappa shape index (κ3) is 3.49. The van der Waals surface area contributed by atoms with Gasteiger partial charge in [0, 0.05) is 37.9 Å². The van der Waals surface area contributed by atoms with E-state index in [0.29, 0.717) is 35.5 Å². The van der Waals surface area contributed by atoms with E-state index in [9.17, 15) is 14.9 Å². The third-order valence-electron chi connectivity index (χ3n) is 5.32. The highest BCUT2D eigenvalue weighted by atomic mass is 19.1. The summed E-state index contributed by atoms with van der Waals surface area (Å²) in [5.74, 6) is 0.564. The molecule has 1 fully saturated rings. The van der Waals surface area contributed by atoms with Gasteiger partial charge in [-0.2, -0.15) is 10.5 Å². The molecule has 1 saturated heterocycles. The van der Waals surface area contributed by atoms with Crippen molar-refractivity contribution in [1.82, 2.24) is 4.98 Å². The fourth-order valence-corrected chi connectivity index (χ4v) is 3.75. The average molecular weight is 398 g/mol. The molecule has 0 bridgehead atoms. The molecule has 2 aromatic carbocycles. The molecule has 30 heavy (non-hydrogen) atoms. The van der Waals surface area contributed by atoms with E-state index in [-0.39, 0.29) is 17.1 Å². The monoisotopic (exact) mass is 398 g/mol. The summed E-state index contributed by atoms with van der Waals surface area (Å²) in [6.07, 6.45) is 1.77. The minimum Gasteiger partial charge on any atom is -0.396 e. The summed E-state index contributed by atoms with van der Waals surface area (Å²) in [5, 5.41) is 19.4. The molecule has 0 aliphatic carbocycles. The van der Waals surface area contributed by atoms with Crippen LogP contribution in [0.1, 0.15) is 11.1 Å². The fraction of sp³-hybridized carbons (Fsp3) is 0.174. The Morgan fingerprint density at radius 1 is 0.900 bits per heavy atom. The van der Waals surface area contributed by atoms with Crippen LogP contribution in [0.2, 0.25) is 0 Å². The van der Waals surface area contributed by atoms with E-state index < -0.39 is 0 Å². The molecule has 1 aromatic heterocycles. The summed E-state index contributed by atoms with van der Waals surface area (Å²) in [6, 6.07) is 17.8. The lowest BCUT2D eigenvalue weighted by Gasteiger charge is -2.37. The maximum atomic E-state index is 13.4. The molecule has 7 heteroatoms. The minimum atomic E-state index is -0.357. The molecule has 4 rings (SSSR count). The van der Waals surface area contributed by atoms with Crippen LogP contribution in [-0.4, -0.2) is 31.2 Å². The van der Waals surface area contributed by atoms with Gasteiger partial charge in [-0.3, -0.25) is 0 Å². The SMILES string of the molecule is N#Cc1c(-c2ccc(F)cc2)cc(N2CCN(c3ccccn3)CC2)c(C#N)c1N. The number of pyridine rings is 1. The Hall–Kier alpha value is -4.10. The van der Waals surface area contributed by atoms with E-state index in [1.165, 1.54) is 12.1 Å². The van der Waals surface area contributed by atoms with Crippen molar-refractivity contribution in [3.8, 4) is 23.3 Å². The molecule has 0 amide bonds. The second kappa shape index (κ2) is 8.10. The van der Waals surface area contributed by atoms with Crippen LogP contribution in [0.5, 0.6) is 0 Å². The predicted molar refractivity (Wildman–Crippen MR) is 114 cm³/mol. The zero-order valence-corrected chi connectivity index (χ0v) is 16.2. The first-order valence-corrected chi connectivity index (χ1v) is 9.56. The smallest absolute Gasteiger partial charge is 0.128 e. The largest absolute Gasteiger partial charge is 0.396 e. The number of rotatable bonds is 3. The highest BCUT2D eigenvalue weighted by Crippen LogP contribution is 2.37. The molecule has 2 heterocycles. The van der Waals surface area contributed by atoms with E-state index in [2.05, 4.69) is 26.9 Å². The second-order valence-corrected chi connectivity index (χ2v) is 7.00. The van der Waals surface area contributed by atoms with Gasteiger partial charge in [-0.25, -0.2) is 9.37 Å². The molecule has 148 valence electrons. The van der Waals surface area contributed by atoms with E-state index in [4.69, 9.17) is 5.73 Å². The molecule has 0 unspecified atom stereocenters. The molecule has 1 aliphatic rings. The van der Waals surface area contributed by atoms with Gasteiger partial charge < -0.3 is 15.5 Å². The van der Waals surface area contributed by atoms with Gasteiger partial charge in [-0.15, -0.1) is 0 Å². The summed E-state index contributed by atoms with van der Waals surface area (Å²) in [5.41, 5.74) is 8.88. The van der Waals surface area contributed by atoms with Gasteiger partial charge in [0.05, 0.1) is 22.5 Å². The number of aromatic nitrogens is 1. The lowest BCUT2D eigenvalue weighted by Crippen LogP contribution is -2.47. The van der Waals surface area contributed by atoms with Crippen molar-refractivity contribution in [3.63, 3.8) is 0 Å². The number of piperazine rings is 1. The standard InChI is InChI=1S/C23H19FN6/c24-17-6-4-16(5-7-17)18-13-21(20(15-26)23(27)19(18)14-25)29-9-11-30(12-10-29)22-3-1-2-8-28-22/h1-8,13H,9-12,27H2. The van der Waals surface area contributed by atoms with Gasteiger partial charge in [0.15, 0.2) is 0 Å². The number of hydrogen-bond acceptors (Lipinski definition) is 6. The molecule has 0 radical (unpaired) electrons. The predicted octanol–water partition coefficient (Wildman–Crippen LogP) is 3.54. The quantitative estimate of drug-likeness (QED) is 0.679. The van der Waals surface area contributed by atoms with E-state index in [0.717, 1.165) is 18.9 Å². The Morgan fingerprint density at radius 3 is 2.17 bits per heavy atom. The minimum absolute atomic E-state index is 0.156. The van der Waals surface area contributed by atoms with Crippen LogP contribution in [-0.2, 0) is 0 Å². The number of benzene rings is 2. The molecule has 3 aromatic rings. The zero-order chi connectivity index (χ0) is 21.1. The highest BCUT2D eigenvalue weighted by Gasteiger charge is 2.24. The Morgan fingerprint density at radius 2 is 1.57 bits per heavy atom. The van der Waals surface area contributed by atoms with Crippen LogP contribution in [0, 0.1) is 28.5 Å². The molecule has 0 saturated carbocycles. The summed E-state index contributed by atoms with van der Waals surface area (Å²) in [4.78, 5) is 8.69. The van der Waals surface area contributed by atoms with E-state index >= 15 is 0 Å². The van der Waals surface area contributed by atoms with Gasteiger partial charge in [-0.05, 0) is 35.9 Å². The number of nitrogen functional groups attached to an aromatic ring is 1. The van der Waals surface area contributed by atoms with Crippen LogP contribution in [0.4, 0.5) is 21.6 Å². The van der Waals surface area contributed by atoms with Crippen molar-refractivity contribution in [1.29, 1.82) is 10.5 Å². The number of halogens is 1. The topological polar surface area (TPSA) is 93.0 Å². The lowest BCUT2D eigenvalue weighted by molar-refractivity contribution is 0.628. The maximum Gasteiger partial charge on any atom is 0.128 e. The lowest BCUT2D eigenvalue weighted by atomic mass is 9.94. The van der Waals surface area contributed by atoms with Crippen molar-refractivity contribution < 1.29 is 4.39 Å². The van der Waals surface area contributed by atoms with Crippen molar-refractivity contribution in [2.24, 2.45) is 0 Å². The van der Waals surface area contributed by atoms with Gasteiger partial charge in [0.1, 0.15) is 23.8 Å². The van der Waals surface area contributed by atoms with Crippen molar-refractivity contribution in [2.75, 3.05) is 41.7 Å². The Labute approximate surface area is 174 Å². The summed E-state index contributed by atoms with van der Waals surface area (Å²) >= 11 is 0. The van der Waals surface area contributed by atoms with Gasteiger partial charge >= 0.3 is 0 Å². The molecule has 0 atom stereocenters. The number of nitrogens with zero attached hydrogens (tertiary/aromatic N) is 5. The third-order valence-corrected chi connectivity index (χ3v) is 5.32. The average Bonchev–Trinajstić information content (AvgIpc) is 2.80. The Kier molecular flexibility index (Phi) is 5.19. The van der Waals surface area contributed by atoms with Gasteiger partial charge in [-0.1, -0.05) is 18.2 Å². The van der Waals surface area contributed by atoms with Crippen LogP contribution in [0.3, 0.4) is 0 Å². The van der Waals surface area contributed by atoms with Crippen LogP contribution in [0.15, 0.2) is 54.7 Å². The van der Waals surface area contributed by atoms with Crippen molar-refractivity contribution in [3.05, 3.63) is 71.7 Å². The van der Waals surface area contributed by atoms with Gasteiger partial charge in [0.25, 0.3) is 0 Å². The molecule has 1 aliphatic heterocycles. The number of hydrogen-bond donors (Lipinski definition) is 1. The molecular weight excluding hydrogens is 379 g/mol. The first-order chi connectivity index (χ1) is 14.6. The highest BCUT2D eigenvalue weighted by molar-refractivity contribution is 5.87. The van der Waals surface area contributed by atoms with Crippen LogP contribution < -0.4 is 15.5 Å². The van der Waals surface area contributed by atoms with Gasteiger partial charge in [0.2, 0.25) is 0 Å². The Bertz CT molecular complexity index is 1140. The second-order valence-electron chi connectivity index (χ2n) is 7.00. The van der Waals surface area contributed by atoms with Crippen molar-refractivity contribution in [2.45, 2.75) is 0 Å². The van der Waals surface area contributed by atoms with Crippen molar-refractivity contribution >= 4 is 17.2 Å². The number of anilines is 3. The van der Waals surface area contributed by atoms with E-state index in [1.807, 2.05) is 24.3 Å². The normalized spacial score (nSPS) is 13.6. The first kappa shape index (κ1) is 19.2. The number of nitriles is 2. The Balaban J connectivity index is 1.71. The summed E-state index contributed by atoms with van der Waals surface area (Å²) < 4.78 is 13.4. The zero-order valence-electron chi connectivity index (χ0n) is 16.2. The molecule has 2 N–H and O–H groups in total. The maximum absolute atomic E-state index is 13.4. The summed E-state index contributed by atoms with van der Waals surface area (Å²) in [6.45, 7) is 2.85.